The number of hydrogen-bond donors (Lipinski definition) is 0. The van der Waals surface area contributed by atoms with Crippen molar-refractivity contribution in [2.75, 3.05) is 0 Å². The van der Waals surface area contributed by atoms with Crippen LogP contribution in [0.1, 0.15) is 23.8 Å². The molecule has 108 valence electrons. The maximum absolute atomic E-state index is 14.1. The van der Waals surface area contributed by atoms with Crippen LogP contribution in [0.25, 0.3) is 11.1 Å². The van der Waals surface area contributed by atoms with Gasteiger partial charge in [0.25, 0.3) is 0 Å². The van der Waals surface area contributed by atoms with E-state index in [-0.39, 0.29) is 5.56 Å². The molecular weight excluding hydrogens is 342 g/mol. The molecule has 0 amide bonds. The number of aromatic nitrogens is 1. The lowest BCUT2D eigenvalue weighted by Gasteiger charge is -2.15. The summed E-state index contributed by atoms with van der Waals surface area (Å²) in [5.41, 5.74) is 1.60. The highest BCUT2D eigenvalue weighted by Crippen LogP contribution is 2.36. The van der Waals surface area contributed by atoms with E-state index in [9.17, 15) is 8.78 Å². The Bertz CT molecular complexity index is 713. The molecule has 0 spiro atoms. The number of nitrogens with zero attached hydrogens (tertiary/aromatic N) is 2. The summed E-state index contributed by atoms with van der Waals surface area (Å²) < 4.78 is 28.8. The van der Waals surface area contributed by atoms with Crippen molar-refractivity contribution in [3.63, 3.8) is 0 Å². The number of halogens is 3. The molecule has 1 aliphatic heterocycles. The summed E-state index contributed by atoms with van der Waals surface area (Å²) in [6, 6.07) is 5.50. The first kappa shape index (κ1) is 14.1. The van der Waals surface area contributed by atoms with Crippen molar-refractivity contribution in [3.8, 4) is 11.1 Å². The van der Waals surface area contributed by atoms with Crippen molar-refractivity contribution >= 4 is 20.6 Å². The van der Waals surface area contributed by atoms with Crippen LogP contribution in [0.5, 0.6) is 0 Å². The summed E-state index contributed by atoms with van der Waals surface area (Å²) >= 11 is 3.25. The molecule has 0 radical (unpaired) electrons. The second-order valence-electron chi connectivity index (χ2n) is 4.81. The molecule has 0 fully saturated rings. The van der Waals surface area contributed by atoms with Crippen molar-refractivity contribution in [3.05, 3.63) is 53.4 Å². The second-order valence-corrected chi connectivity index (χ2v) is 5.72. The molecule has 0 saturated heterocycles. The molecule has 3 nitrogen and oxygen atoms in total. The van der Waals surface area contributed by atoms with Gasteiger partial charge >= 0.3 is 0 Å². The van der Waals surface area contributed by atoms with Gasteiger partial charge in [0.05, 0.1) is 11.3 Å². The number of pyridine rings is 1. The van der Waals surface area contributed by atoms with Gasteiger partial charge in [-0.15, -0.1) is 0 Å². The molecule has 1 atom stereocenters. The Morgan fingerprint density at radius 3 is 2.62 bits per heavy atom. The molecule has 1 aromatic carbocycles. The summed E-state index contributed by atoms with van der Waals surface area (Å²) in [6.45, 7) is 1.82. The smallest absolute Gasteiger partial charge is 0.176 e. The highest BCUT2D eigenvalue weighted by molar-refractivity contribution is 9.18. The molecule has 1 aliphatic rings. The van der Waals surface area contributed by atoms with E-state index in [1.807, 2.05) is 6.92 Å². The minimum absolute atomic E-state index is 0.0877. The van der Waals surface area contributed by atoms with Gasteiger partial charge < -0.3 is 4.84 Å². The normalized spacial score (nSPS) is 17.5. The highest BCUT2D eigenvalue weighted by Gasteiger charge is 2.27. The van der Waals surface area contributed by atoms with Gasteiger partial charge in [-0.1, -0.05) is 11.2 Å². The van der Waals surface area contributed by atoms with Gasteiger partial charge in [-0.05, 0) is 46.6 Å². The van der Waals surface area contributed by atoms with Crippen LogP contribution >= 0.6 is 15.9 Å². The van der Waals surface area contributed by atoms with Gasteiger partial charge in [0.2, 0.25) is 0 Å². The van der Waals surface area contributed by atoms with E-state index in [0.29, 0.717) is 22.3 Å². The third kappa shape index (κ3) is 2.68. The molecule has 1 aromatic heterocycles. The Hall–Kier alpha value is -1.82. The lowest BCUT2D eigenvalue weighted by atomic mass is 9.97. The van der Waals surface area contributed by atoms with Gasteiger partial charge in [-0.3, -0.25) is 4.98 Å². The van der Waals surface area contributed by atoms with Crippen molar-refractivity contribution in [1.29, 1.82) is 0 Å². The first-order chi connectivity index (χ1) is 10.1. The lowest BCUT2D eigenvalue weighted by Crippen LogP contribution is -2.05. The number of oxime groups is 1. The summed E-state index contributed by atoms with van der Waals surface area (Å²) in [7, 11) is 0. The van der Waals surface area contributed by atoms with Gasteiger partial charge in [0, 0.05) is 18.2 Å². The van der Waals surface area contributed by atoms with Gasteiger partial charge in [0.1, 0.15) is 16.3 Å². The quantitative estimate of drug-likeness (QED) is 0.797. The maximum atomic E-state index is 14.1. The molecule has 2 aromatic rings. The zero-order valence-corrected chi connectivity index (χ0v) is 12.7. The topological polar surface area (TPSA) is 34.5 Å². The summed E-state index contributed by atoms with van der Waals surface area (Å²) in [5.74, 6) is -1.25. The predicted octanol–water partition coefficient (Wildman–Crippen LogP) is 4.51. The number of benzene rings is 1. The Kier molecular flexibility index (Phi) is 3.71. The van der Waals surface area contributed by atoms with Crippen molar-refractivity contribution in [1.82, 2.24) is 4.98 Å². The first-order valence-electron chi connectivity index (χ1n) is 6.35. The fraction of sp³-hybridized carbons (Fsp3) is 0.200. The zero-order chi connectivity index (χ0) is 15.0. The second kappa shape index (κ2) is 5.52. The Labute approximate surface area is 128 Å². The SMILES string of the molecule is Cc1cnc([C@@H]2CC(Br)=NO2)c(-c2c(F)cccc2F)c1. The van der Waals surface area contributed by atoms with Crippen LogP contribution in [0.4, 0.5) is 8.78 Å². The molecule has 0 N–H and O–H groups in total. The average Bonchev–Trinajstić information content (AvgIpc) is 2.85. The van der Waals surface area contributed by atoms with Crippen LogP contribution in [-0.4, -0.2) is 9.60 Å². The molecule has 3 rings (SSSR count). The van der Waals surface area contributed by atoms with E-state index < -0.39 is 17.7 Å². The number of hydrogen-bond acceptors (Lipinski definition) is 3. The number of rotatable bonds is 2. The minimum atomic E-state index is -0.623. The zero-order valence-electron chi connectivity index (χ0n) is 11.1. The minimum Gasteiger partial charge on any atom is -0.385 e. The summed E-state index contributed by atoms with van der Waals surface area (Å²) in [6.07, 6.45) is 1.68. The van der Waals surface area contributed by atoms with Crippen LogP contribution in [0.3, 0.4) is 0 Å². The van der Waals surface area contributed by atoms with Crippen LogP contribution < -0.4 is 0 Å². The van der Waals surface area contributed by atoms with Crippen LogP contribution in [0.15, 0.2) is 35.6 Å². The van der Waals surface area contributed by atoms with Gasteiger partial charge in [0.15, 0.2) is 6.10 Å². The van der Waals surface area contributed by atoms with Crippen LogP contribution in [0.2, 0.25) is 0 Å². The molecule has 21 heavy (non-hydrogen) atoms. The molecule has 2 heterocycles. The molecule has 6 heteroatoms. The monoisotopic (exact) mass is 352 g/mol. The van der Waals surface area contributed by atoms with Crippen molar-refractivity contribution in [2.45, 2.75) is 19.4 Å². The number of aryl methyl sites for hydroxylation is 1. The summed E-state index contributed by atoms with van der Waals surface area (Å²) in [5, 5.41) is 3.80. The Balaban J connectivity index is 2.16. The molecule has 0 bridgehead atoms. The predicted molar refractivity (Wildman–Crippen MR) is 79.1 cm³/mol. The summed E-state index contributed by atoms with van der Waals surface area (Å²) in [4.78, 5) is 9.57. The van der Waals surface area contributed by atoms with E-state index in [2.05, 4.69) is 26.1 Å². The fourth-order valence-electron chi connectivity index (χ4n) is 2.29. The van der Waals surface area contributed by atoms with Gasteiger partial charge in [-0.2, -0.15) is 0 Å². The first-order valence-corrected chi connectivity index (χ1v) is 7.14. The molecule has 0 saturated carbocycles. The van der Waals surface area contributed by atoms with E-state index in [1.54, 1.807) is 12.3 Å². The maximum Gasteiger partial charge on any atom is 0.176 e. The van der Waals surface area contributed by atoms with Crippen molar-refractivity contribution in [2.24, 2.45) is 5.16 Å². The van der Waals surface area contributed by atoms with E-state index >= 15 is 0 Å². The Morgan fingerprint density at radius 2 is 2.00 bits per heavy atom. The standard InChI is InChI=1S/C15H11BrF2N2O/c1-8-5-9(14-10(17)3-2-4-11(14)18)15(19-7-8)12-6-13(16)20-21-12/h2-5,7,12H,6H2,1H3/t12-/m0/s1. The van der Waals surface area contributed by atoms with Crippen LogP contribution in [0, 0.1) is 18.6 Å². The van der Waals surface area contributed by atoms with E-state index in [4.69, 9.17) is 4.84 Å². The third-order valence-electron chi connectivity index (χ3n) is 3.23. The van der Waals surface area contributed by atoms with E-state index in [0.717, 1.165) is 5.56 Å². The van der Waals surface area contributed by atoms with Gasteiger partial charge in [-0.25, -0.2) is 8.78 Å². The lowest BCUT2D eigenvalue weighted by molar-refractivity contribution is 0.0830. The molecule has 0 aliphatic carbocycles. The van der Waals surface area contributed by atoms with Crippen molar-refractivity contribution < 1.29 is 13.6 Å². The van der Waals surface area contributed by atoms with E-state index in [1.165, 1.54) is 18.2 Å². The highest BCUT2D eigenvalue weighted by atomic mass is 79.9. The molecular formula is C15H11BrF2N2O. The molecule has 0 unspecified atom stereocenters. The largest absolute Gasteiger partial charge is 0.385 e. The average molecular weight is 353 g/mol. The van der Waals surface area contributed by atoms with Crippen LogP contribution in [-0.2, 0) is 4.84 Å². The Morgan fingerprint density at radius 1 is 1.29 bits per heavy atom. The fourth-order valence-corrected chi connectivity index (χ4v) is 2.66. The third-order valence-corrected chi connectivity index (χ3v) is 3.69.